The molecule has 35 heavy (non-hydrogen) atoms. The summed E-state index contributed by atoms with van der Waals surface area (Å²) >= 11 is 0. The molecule has 4 atom stereocenters. The van der Waals surface area contributed by atoms with Crippen LogP contribution in [0, 0.1) is 11.3 Å². The van der Waals surface area contributed by atoms with Gasteiger partial charge in [0.15, 0.2) is 6.04 Å². The van der Waals surface area contributed by atoms with Gasteiger partial charge in [0, 0.05) is 18.5 Å². The summed E-state index contributed by atoms with van der Waals surface area (Å²) in [6.07, 6.45) is 1.50. The van der Waals surface area contributed by atoms with Crippen molar-refractivity contribution in [3.63, 3.8) is 0 Å². The van der Waals surface area contributed by atoms with Crippen LogP contribution in [0.1, 0.15) is 36.3 Å². The van der Waals surface area contributed by atoms with E-state index < -0.39 is 23.5 Å². The fourth-order valence-corrected chi connectivity index (χ4v) is 6.41. The van der Waals surface area contributed by atoms with Gasteiger partial charge in [-0.05, 0) is 47.4 Å². The van der Waals surface area contributed by atoms with Gasteiger partial charge in [-0.3, -0.25) is 4.79 Å². The average molecular weight is 477 g/mol. The van der Waals surface area contributed by atoms with Crippen LogP contribution in [0.2, 0.25) is 0 Å². The molecule has 0 spiro atoms. The maximum Gasteiger partial charge on any atom is 0.407 e. The van der Waals surface area contributed by atoms with Crippen molar-refractivity contribution in [1.82, 2.24) is 10.2 Å². The normalized spacial score (nSPS) is 28.6. The van der Waals surface area contributed by atoms with Gasteiger partial charge < -0.3 is 24.8 Å². The number of hydrogen-bond acceptors (Lipinski definition) is 5. The lowest BCUT2D eigenvalue weighted by Crippen LogP contribution is -2.55. The number of rotatable bonds is 5. The second-order valence-electron chi connectivity index (χ2n) is 10.1. The van der Waals surface area contributed by atoms with E-state index in [0.29, 0.717) is 19.4 Å². The van der Waals surface area contributed by atoms with Crippen LogP contribution in [0.15, 0.2) is 48.5 Å². The van der Waals surface area contributed by atoms with Crippen LogP contribution in [0.25, 0.3) is 11.1 Å². The number of carboxylic acids is 1. The quantitative estimate of drug-likeness (QED) is 0.688. The van der Waals surface area contributed by atoms with Crippen molar-refractivity contribution in [2.24, 2.45) is 11.3 Å². The van der Waals surface area contributed by atoms with E-state index >= 15 is 0 Å². The molecule has 4 aliphatic rings. The standard InChI is InChI=1S/C27H28N2O6/c30-24(31)23-15-34-10-9-29(23)25(32)27-12-16(27)11-17(13-27)28-26(33)35-14-22-20-7-3-1-5-18(20)19-6-2-4-8-21(19)22/h1-8,16-17,22-23H,9-15H2,(H,28,33)(H,30,31). The monoisotopic (exact) mass is 476 g/mol. The third kappa shape index (κ3) is 3.67. The molecule has 1 heterocycles. The number of aliphatic carboxylic acids is 1. The maximum atomic E-state index is 13.3. The molecule has 182 valence electrons. The first-order valence-electron chi connectivity index (χ1n) is 12.2. The lowest BCUT2D eigenvalue weighted by Gasteiger charge is -2.35. The zero-order valence-electron chi connectivity index (χ0n) is 19.3. The summed E-state index contributed by atoms with van der Waals surface area (Å²) < 4.78 is 10.9. The molecule has 2 N–H and O–H groups in total. The lowest BCUT2D eigenvalue weighted by molar-refractivity contribution is -0.161. The second-order valence-corrected chi connectivity index (χ2v) is 10.1. The highest BCUT2D eigenvalue weighted by atomic mass is 16.5. The maximum absolute atomic E-state index is 13.3. The fourth-order valence-electron chi connectivity index (χ4n) is 6.41. The number of nitrogens with one attached hydrogen (secondary N) is 1. The smallest absolute Gasteiger partial charge is 0.407 e. The van der Waals surface area contributed by atoms with Gasteiger partial charge in [-0.1, -0.05) is 48.5 Å². The van der Waals surface area contributed by atoms with Gasteiger partial charge in [0.25, 0.3) is 0 Å². The first kappa shape index (κ1) is 22.1. The molecule has 1 aliphatic heterocycles. The molecule has 1 saturated heterocycles. The Hall–Kier alpha value is -3.39. The van der Waals surface area contributed by atoms with E-state index in [-0.39, 0.29) is 43.5 Å². The minimum absolute atomic E-state index is 0.00711. The molecule has 3 fully saturated rings. The molecule has 2 aromatic rings. The van der Waals surface area contributed by atoms with Gasteiger partial charge in [0.1, 0.15) is 6.61 Å². The number of carbonyl (C=O) groups excluding carboxylic acids is 2. The van der Waals surface area contributed by atoms with Crippen LogP contribution in [-0.4, -0.2) is 66.4 Å². The fraction of sp³-hybridized carbons (Fsp3) is 0.444. The van der Waals surface area contributed by atoms with Gasteiger partial charge in [0.2, 0.25) is 5.91 Å². The van der Waals surface area contributed by atoms with Crippen molar-refractivity contribution in [1.29, 1.82) is 0 Å². The zero-order valence-corrected chi connectivity index (χ0v) is 19.3. The summed E-state index contributed by atoms with van der Waals surface area (Å²) in [7, 11) is 0. The Labute approximate surface area is 203 Å². The number of amides is 2. The number of carboxylic acid groups (broad SMARTS) is 1. The van der Waals surface area contributed by atoms with Crippen molar-refractivity contribution >= 4 is 18.0 Å². The van der Waals surface area contributed by atoms with Crippen LogP contribution >= 0.6 is 0 Å². The molecule has 6 rings (SSSR count). The highest BCUT2D eigenvalue weighted by molar-refractivity contribution is 5.91. The SMILES string of the molecule is O=C(NC1CC2CC2(C(=O)N2CCOCC2C(=O)O)C1)OCC1c2ccccc2-c2ccccc21. The Balaban J connectivity index is 1.07. The summed E-state index contributed by atoms with van der Waals surface area (Å²) in [6, 6.07) is 15.3. The zero-order chi connectivity index (χ0) is 24.2. The topological polar surface area (TPSA) is 105 Å². The van der Waals surface area contributed by atoms with Crippen LogP contribution in [0.5, 0.6) is 0 Å². The third-order valence-electron chi connectivity index (χ3n) is 8.18. The molecule has 4 unspecified atom stereocenters. The van der Waals surface area contributed by atoms with E-state index in [0.717, 1.165) is 17.5 Å². The van der Waals surface area contributed by atoms with Crippen LogP contribution in [-0.2, 0) is 19.1 Å². The number of nitrogens with zero attached hydrogens (tertiary/aromatic N) is 1. The van der Waals surface area contributed by atoms with Crippen molar-refractivity contribution in [2.45, 2.75) is 37.3 Å². The first-order chi connectivity index (χ1) is 17.0. The van der Waals surface area contributed by atoms with E-state index in [9.17, 15) is 19.5 Å². The Bertz CT molecular complexity index is 1150. The largest absolute Gasteiger partial charge is 0.480 e. The molecule has 3 aliphatic carbocycles. The number of hydrogen-bond donors (Lipinski definition) is 2. The van der Waals surface area contributed by atoms with Crippen LogP contribution in [0.3, 0.4) is 0 Å². The summed E-state index contributed by atoms with van der Waals surface area (Å²) in [4.78, 5) is 39.1. The highest BCUT2D eigenvalue weighted by Crippen LogP contribution is 2.64. The molecule has 0 bridgehead atoms. The van der Waals surface area contributed by atoms with Gasteiger partial charge in [-0.15, -0.1) is 0 Å². The Morgan fingerprint density at radius 3 is 2.43 bits per heavy atom. The Morgan fingerprint density at radius 1 is 1.06 bits per heavy atom. The average Bonchev–Trinajstić information content (AvgIpc) is 3.30. The molecular formula is C27H28N2O6. The van der Waals surface area contributed by atoms with Crippen molar-refractivity contribution in [3.05, 3.63) is 59.7 Å². The number of benzene rings is 2. The highest BCUT2D eigenvalue weighted by Gasteiger charge is 2.66. The van der Waals surface area contributed by atoms with Crippen molar-refractivity contribution < 1.29 is 29.0 Å². The molecular weight excluding hydrogens is 448 g/mol. The first-order valence-corrected chi connectivity index (χ1v) is 12.2. The predicted octanol–water partition coefficient (Wildman–Crippen LogP) is 3.01. The number of fused-ring (bicyclic) bond motifs is 4. The molecule has 8 nitrogen and oxygen atoms in total. The van der Waals surface area contributed by atoms with E-state index in [4.69, 9.17) is 9.47 Å². The van der Waals surface area contributed by atoms with Gasteiger partial charge in [0.05, 0.1) is 18.6 Å². The number of alkyl carbamates (subject to hydrolysis) is 1. The molecule has 0 aromatic heterocycles. The molecule has 8 heteroatoms. The van der Waals surface area contributed by atoms with Gasteiger partial charge in [-0.2, -0.15) is 0 Å². The summed E-state index contributed by atoms with van der Waals surface area (Å²) in [6.45, 7) is 0.893. The summed E-state index contributed by atoms with van der Waals surface area (Å²) in [5.74, 6) is -0.994. The second kappa shape index (κ2) is 8.37. The lowest BCUT2D eigenvalue weighted by atomic mass is 9.98. The number of ether oxygens (including phenoxy) is 2. The van der Waals surface area contributed by atoms with E-state index in [1.165, 1.54) is 16.0 Å². The summed E-state index contributed by atoms with van der Waals surface area (Å²) in [5.41, 5.74) is 4.11. The number of carbonyl (C=O) groups is 3. The van der Waals surface area contributed by atoms with E-state index in [1.54, 1.807) is 0 Å². The van der Waals surface area contributed by atoms with Crippen molar-refractivity contribution in [2.75, 3.05) is 26.4 Å². The molecule has 0 radical (unpaired) electrons. The van der Waals surface area contributed by atoms with E-state index in [2.05, 4.69) is 29.6 Å². The van der Waals surface area contributed by atoms with Gasteiger partial charge in [-0.25, -0.2) is 9.59 Å². The molecule has 2 aromatic carbocycles. The summed E-state index contributed by atoms with van der Waals surface area (Å²) in [5, 5.41) is 12.4. The Morgan fingerprint density at radius 2 is 1.74 bits per heavy atom. The minimum Gasteiger partial charge on any atom is -0.480 e. The van der Waals surface area contributed by atoms with Crippen molar-refractivity contribution in [3.8, 4) is 11.1 Å². The van der Waals surface area contributed by atoms with Gasteiger partial charge >= 0.3 is 12.1 Å². The van der Waals surface area contributed by atoms with Crippen LogP contribution < -0.4 is 5.32 Å². The Kier molecular flexibility index (Phi) is 5.29. The molecule has 2 amide bonds. The van der Waals surface area contributed by atoms with Crippen LogP contribution in [0.4, 0.5) is 4.79 Å². The minimum atomic E-state index is -1.04. The van der Waals surface area contributed by atoms with E-state index in [1.807, 2.05) is 24.3 Å². The predicted molar refractivity (Wildman–Crippen MR) is 126 cm³/mol. The third-order valence-corrected chi connectivity index (χ3v) is 8.18. The molecule has 2 saturated carbocycles. The number of morpholine rings is 1.